The molecule has 1 heterocycles. The van der Waals surface area contributed by atoms with Gasteiger partial charge in [0, 0.05) is 36.4 Å². The average Bonchev–Trinajstić information content (AvgIpc) is 1.58. The average molecular weight is 1420 g/mol. The van der Waals surface area contributed by atoms with Crippen LogP contribution in [0.3, 0.4) is 0 Å². The van der Waals surface area contributed by atoms with Gasteiger partial charge in [0.05, 0.1) is 12.5 Å². The topological polar surface area (TPSA) is 399 Å². The standard InChI is InChI=1S/C69H101N13O13S3/c1-9-10-23-59(86)73-57(38-46-40-71-49-21-15-14-20-48(46)49)67(93)74-51(22-16-17-31-70)63(89)79-56(37-45-24-26-47(84)27-25-45)66(92)75-52(29-33-97-7)64(90)80-61(43(4)5)69(95)76-53(30-34-98-8)68(94)82-81-60(87)39-58(85)54(36-44-18-12-11-13-19-44)77-65(91)55(35-42(2)3)78-62(88)50(72-41-83)28-32-96-6/h11-15,18-21,24-27,40-43,50-57,61,71,84H,9-10,16-17,22-23,28-39,70H2,1-8H3,(H,72,83)(H,73,86)(H,74,93)(H,75,92)(H,76,95)(H,77,91)(H,78,88)(H,79,89)(H,80,90)(H,81,87)(H,82,94)/t50-,51-,52-,53-,54-,55-,56-,57-,61-/m0/s1. The van der Waals surface area contributed by atoms with Gasteiger partial charge in [0.15, 0.2) is 5.78 Å². The lowest BCUT2D eigenvalue weighted by Crippen LogP contribution is -2.61. The highest BCUT2D eigenvalue weighted by atomic mass is 32.2. The third-order valence-electron chi connectivity index (χ3n) is 16.0. The number of nitrogens with one attached hydrogen (secondary N) is 12. The monoisotopic (exact) mass is 1420 g/mol. The summed E-state index contributed by atoms with van der Waals surface area (Å²) >= 11 is 4.23. The van der Waals surface area contributed by atoms with Gasteiger partial charge < -0.3 is 63.7 Å². The number of H-pyrrole nitrogens is 1. The number of amides is 11. The smallest absolute Gasteiger partial charge is 0.260 e. The number of nitrogens with two attached hydrogens (primary N) is 1. The molecule has 0 saturated carbocycles. The molecule has 0 aliphatic rings. The molecule has 0 bridgehead atoms. The van der Waals surface area contributed by atoms with Crippen molar-refractivity contribution in [2.75, 3.05) is 42.6 Å². The molecule has 29 heteroatoms. The molecule has 3 aromatic carbocycles. The molecule has 9 atom stereocenters. The third kappa shape index (κ3) is 29.1. The number of fused-ring (bicyclic) bond motifs is 1. The van der Waals surface area contributed by atoms with Gasteiger partial charge in [0.25, 0.3) is 5.91 Å². The highest BCUT2D eigenvalue weighted by Gasteiger charge is 2.36. The number of carbonyl (C=O) groups excluding carboxylic acids is 12. The molecule has 1 aromatic heterocycles. The Labute approximate surface area is 587 Å². The Balaban J connectivity index is 1.53. The van der Waals surface area contributed by atoms with Crippen molar-refractivity contribution in [3.05, 3.63) is 102 Å². The first-order chi connectivity index (χ1) is 46.9. The number of unbranched alkanes of at least 4 members (excludes halogenated alkanes) is 2. The lowest BCUT2D eigenvalue weighted by molar-refractivity contribution is -0.137. The van der Waals surface area contributed by atoms with Crippen molar-refractivity contribution in [1.82, 2.24) is 63.7 Å². The van der Waals surface area contributed by atoms with Crippen molar-refractivity contribution in [3.63, 3.8) is 0 Å². The molecular weight excluding hydrogens is 1320 g/mol. The Kier molecular flexibility index (Phi) is 37.5. The molecular formula is C69H101N13O13S3. The second kappa shape index (κ2) is 44.7. The minimum Gasteiger partial charge on any atom is -0.508 e. The number of thioether (sulfide) groups is 3. The minimum atomic E-state index is -1.38. The Morgan fingerprint density at radius 3 is 1.61 bits per heavy atom. The quantitative estimate of drug-likeness (QED) is 0.0131. The SMILES string of the molecule is CCCCC(=O)N[C@@H](Cc1c[nH]c2ccccc12)C(=O)N[C@@H](CCCCN)C(=O)N[C@@H](Cc1ccc(O)cc1)C(=O)N[C@@H](CCSC)C(=O)N[C@H](C(=O)N[C@@H](CCSC)C(=O)NNC(=O)CC(=O)[C@H](Cc1ccccc1)NC(=O)[C@H](CC(C)C)NC(=O)[C@H](CCSC)NC=O)C(C)C. The van der Waals surface area contributed by atoms with Crippen LogP contribution in [0.1, 0.15) is 122 Å². The minimum absolute atomic E-state index is 0.0327. The summed E-state index contributed by atoms with van der Waals surface area (Å²) in [6, 6.07) is 11.3. The van der Waals surface area contributed by atoms with Gasteiger partial charge in [0.2, 0.25) is 59.6 Å². The fraction of sp³-hybridized carbons (Fsp3) is 0.536. The number of hydrogen-bond acceptors (Lipinski definition) is 17. The number of phenols is 1. The number of ketones is 1. The summed E-state index contributed by atoms with van der Waals surface area (Å²) in [5.74, 6) is -7.37. The van der Waals surface area contributed by atoms with E-state index in [2.05, 4.69) is 63.7 Å². The number of benzene rings is 3. The fourth-order valence-corrected chi connectivity index (χ4v) is 12.0. The predicted octanol–water partition coefficient (Wildman–Crippen LogP) is 3.28. The second-order valence-electron chi connectivity index (χ2n) is 24.7. The molecule has 4 rings (SSSR count). The van der Waals surface area contributed by atoms with Crippen LogP contribution in [0.2, 0.25) is 0 Å². The fourth-order valence-electron chi connectivity index (χ4n) is 10.5. The summed E-state index contributed by atoms with van der Waals surface area (Å²) in [7, 11) is 0. The number of para-hydroxylation sites is 1. The number of aromatic amines is 1. The van der Waals surface area contributed by atoms with Gasteiger partial charge in [-0.3, -0.25) is 68.4 Å². The molecule has 26 nitrogen and oxygen atoms in total. The van der Waals surface area contributed by atoms with E-state index in [1.165, 1.54) is 47.4 Å². The van der Waals surface area contributed by atoms with Crippen LogP contribution in [0.5, 0.6) is 5.75 Å². The Morgan fingerprint density at radius 1 is 0.510 bits per heavy atom. The molecule has 11 amide bonds. The van der Waals surface area contributed by atoms with Gasteiger partial charge in [-0.25, -0.2) is 0 Å². The van der Waals surface area contributed by atoms with Crippen molar-refractivity contribution < 1.29 is 62.6 Å². The highest BCUT2D eigenvalue weighted by molar-refractivity contribution is 7.99. The van der Waals surface area contributed by atoms with E-state index in [0.29, 0.717) is 67.0 Å². The van der Waals surface area contributed by atoms with Gasteiger partial charge in [-0.05, 0) is 147 Å². The number of aromatic hydroxyl groups is 1. The van der Waals surface area contributed by atoms with E-state index in [1.54, 1.807) is 75.0 Å². The second-order valence-corrected chi connectivity index (χ2v) is 27.7. The molecule has 0 radical (unpaired) electrons. The third-order valence-corrected chi connectivity index (χ3v) is 17.9. The van der Waals surface area contributed by atoms with Crippen LogP contribution in [0.25, 0.3) is 10.9 Å². The number of hydrogen-bond donors (Lipinski definition) is 14. The molecule has 538 valence electrons. The zero-order valence-corrected chi connectivity index (χ0v) is 59.8. The van der Waals surface area contributed by atoms with Gasteiger partial charge in [-0.2, -0.15) is 35.3 Å². The van der Waals surface area contributed by atoms with E-state index in [9.17, 15) is 62.6 Å². The number of phenolic OH excluding ortho intramolecular Hbond substituents is 1. The number of rotatable bonds is 46. The summed E-state index contributed by atoms with van der Waals surface area (Å²) in [4.78, 5) is 169. The highest BCUT2D eigenvalue weighted by Crippen LogP contribution is 2.21. The first kappa shape index (κ1) is 82.3. The van der Waals surface area contributed by atoms with E-state index >= 15 is 0 Å². The Hall–Kier alpha value is -8.15. The number of Topliss-reactive ketones (excluding diaryl/α,β-unsaturated/α-hetero) is 1. The van der Waals surface area contributed by atoms with Gasteiger partial charge in [0.1, 0.15) is 54.1 Å². The van der Waals surface area contributed by atoms with E-state index in [1.807, 2.05) is 51.3 Å². The molecule has 0 spiro atoms. The maximum Gasteiger partial charge on any atom is 0.260 e. The van der Waals surface area contributed by atoms with Crippen molar-refractivity contribution in [2.45, 2.75) is 179 Å². The van der Waals surface area contributed by atoms with Crippen molar-refractivity contribution in [1.29, 1.82) is 0 Å². The van der Waals surface area contributed by atoms with Crippen molar-refractivity contribution in [2.24, 2.45) is 17.6 Å². The zero-order chi connectivity index (χ0) is 72.1. The molecule has 0 aliphatic heterocycles. The number of hydrazine groups is 1. The van der Waals surface area contributed by atoms with Gasteiger partial charge in [-0.1, -0.05) is 102 Å². The van der Waals surface area contributed by atoms with Crippen LogP contribution < -0.4 is 64.4 Å². The van der Waals surface area contributed by atoms with Gasteiger partial charge in [-0.15, -0.1) is 0 Å². The Morgan fingerprint density at radius 2 is 1.01 bits per heavy atom. The number of carbonyl (C=O) groups is 12. The normalized spacial score (nSPS) is 13.9. The lowest BCUT2D eigenvalue weighted by atomic mass is 9.98. The first-order valence-corrected chi connectivity index (χ1v) is 37.4. The largest absolute Gasteiger partial charge is 0.508 e. The van der Waals surface area contributed by atoms with E-state index < -0.39 is 126 Å². The molecule has 4 aromatic rings. The molecule has 0 saturated heterocycles. The maximum atomic E-state index is 14.7. The summed E-state index contributed by atoms with van der Waals surface area (Å²) < 4.78 is 0. The lowest BCUT2D eigenvalue weighted by Gasteiger charge is -2.29. The van der Waals surface area contributed by atoms with Crippen LogP contribution in [-0.2, 0) is 76.8 Å². The Bertz CT molecular complexity index is 3230. The predicted molar refractivity (Wildman–Crippen MR) is 384 cm³/mol. The summed E-state index contributed by atoms with van der Waals surface area (Å²) in [6.45, 7) is 9.26. The van der Waals surface area contributed by atoms with Crippen LogP contribution >= 0.6 is 35.3 Å². The molecule has 15 N–H and O–H groups in total. The summed E-state index contributed by atoms with van der Waals surface area (Å²) in [5, 5.41) is 35.7. The first-order valence-electron chi connectivity index (χ1n) is 33.2. The van der Waals surface area contributed by atoms with Gasteiger partial charge >= 0.3 is 0 Å². The summed E-state index contributed by atoms with van der Waals surface area (Å²) in [6.07, 6.45) is 9.82. The molecule has 0 fully saturated rings. The molecule has 98 heavy (non-hydrogen) atoms. The van der Waals surface area contributed by atoms with Crippen LogP contribution in [0.15, 0.2) is 85.1 Å². The van der Waals surface area contributed by atoms with E-state index in [4.69, 9.17) is 5.73 Å². The van der Waals surface area contributed by atoms with Crippen LogP contribution in [0, 0.1) is 11.8 Å². The van der Waals surface area contributed by atoms with E-state index in [0.717, 1.165) is 22.9 Å². The number of aromatic nitrogens is 1. The summed E-state index contributed by atoms with van der Waals surface area (Å²) in [5.41, 5.74) is 13.2. The van der Waals surface area contributed by atoms with Crippen LogP contribution in [0.4, 0.5) is 0 Å². The van der Waals surface area contributed by atoms with Crippen molar-refractivity contribution >= 4 is 117 Å². The van der Waals surface area contributed by atoms with Crippen LogP contribution in [-0.4, -0.2) is 178 Å². The molecule has 0 aliphatic carbocycles. The molecule has 0 unspecified atom stereocenters. The maximum absolute atomic E-state index is 14.7. The van der Waals surface area contributed by atoms with E-state index in [-0.39, 0.29) is 68.9 Å². The van der Waals surface area contributed by atoms with Crippen molar-refractivity contribution in [3.8, 4) is 5.75 Å². The zero-order valence-electron chi connectivity index (χ0n) is 57.4.